The SMILES string of the molecule is CNC(=O)c1ccc2c(c1)CCc1cc(C(=O)NC)ccc1C2(C[C@H](C)NCC(=O)N1CCC[C@H]1C#N)c1nnn(C)n1. The largest absolute Gasteiger partial charge is 0.355 e. The normalized spacial score (nSPS) is 17.7. The molecule has 2 aromatic carbocycles. The van der Waals surface area contributed by atoms with Crippen molar-refractivity contribution in [1.29, 1.82) is 5.26 Å². The smallest absolute Gasteiger partial charge is 0.251 e. The molecule has 12 nitrogen and oxygen atoms in total. The molecule has 3 N–H and O–H groups in total. The van der Waals surface area contributed by atoms with Gasteiger partial charge in [-0.2, -0.15) is 10.1 Å². The Balaban J connectivity index is 1.62. The summed E-state index contributed by atoms with van der Waals surface area (Å²) in [5, 5.41) is 31.7. The van der Waals surface area contributed by atoms with E-state index in [1.165, 1.54) is 4.80 Å². The van der Waals surface area contributed by atoms with Crippen LogP contribution >= 0.6 is 0 Å². The summed E-state index contributed by atoms with van der Waals surface area (Å²) in [5.74, 6) is 0.0279. The maximum absolute atomic E-state index is 13.1. The molecule has 224 valence electrons. The van der Waals surface area contributed by atoms with Crippen molar-refractivity contribution in [2.24, 2.45) is 7.05 Å². The number of benzene rings is 2. The van der Waals surface area contributed by atoms with Crippen molar-refractivity contribution < 1.29 is 14.4 Å². The third kappa shape index (κ3) is 5.60. The van der Waals surface area contributed by atoms with Gasteiger partial charge in [-0.1, -0.05) is 12.1 Å². The van der Waals surface area contributed by atoms with E-state index in [9.17, 15) is 19.6 Å². The topological polar surface area (TPSA) is 158 Å². The number of carbonyl (C=O) groups excluding carboxylic acids is 3. The molecule has 1 aliphatic heterocycles. The fraction of sp³-hybridized carbons (Fsp3) is 0.452. The Labute approximate surface area is 250 Å². The Bertz CT molecular complexity index is 1520. The van der Waals surface area contributed by atoms with Crippen LogP contribution in [0.5, 0.6) is 0 Å². The van der Waals surface area contributed by atoms with Crippen LogP contribution in [0.2, 0.25) is 0 Å². The second-order valence-electron chi connectivity index (χ2n) is 11.3. The molecule has 1 fully saturated rings. The monoisotopic (exact) mass is 583 g/mol. The zero-order valence-electron chi connectivity index (χ0n) is 25.0. The summed E-state index contributed by atoms with van der Waals surface area (Å²) in [7, 11) is 4.93. The number of hydrogen-bond acceptors (Lipinski definition) is 8. The molecule has 0 saturated carbocycles. The fourth-order valence-corrected chi connectivity index (χ4v) is 6.52. The van der Waals surface area contributed by atoms with Crippen LogP contribution in [-0.4, -0.2) is 82.1 Å². The van der Waals surface area contributed by atoms with Crippen LogP contribution < -0.4 is 16.0 Å². The Kier molecular flexibility index (Phi) is 8.54. The van der Waals surface area contributed by atoms with E-state index in [1.807, 2.05) is 43.3 Å². The summed E-state index contributed by atoms with van der Waals surface area (Å²) in [6, 6.07) is 13.0. The van der Waals surface area contributed by atoms with E-state index in [1.54, 1.807) is 26.0 Å². The highest BCUT2D eigenvalue weighted by Crippen LogP contribution is 2.47. The van der Waals surface area contributed by atoms with Crippen molar-refractivity contribution in [2.75, 3.05) is 27.2 Å². The quantitative estimate of drug-likeness (QED) is 0.358. The molecule has 3 amide bonds. The number of nitrogens with zero attached hydrogens (tertiary/aromatic N) is 6. The van der Waals surface area contributed by atoms with E-state index < -0.39 is 5.41 Å². The molecule has 5 rings (SSSR count). The number of fused-ring (bicyclic) bond motifs is 2. The molecule has 12 heteroatoms. The summed E-state index contributed by atoms with van der Waals surface area (Å²) >= 11 is 0. The van der Waals surface area contributed by atoms with E-state index in [0.29, 0.717) is 49.2 Å². The first-order valence-corrected chi connectivity index (χ1v) is 14.6. The number of aromatic nitrogens is 4. The maximum Gasteiger partial charge on any atom is 0.251 e. The molecule has 1 aromatic heterocycles. The first kappa shape index (κ1) is 29.8. The second kappa shape index (κ2) is 12.3. The molecule has 2 heterocycles. The number of aryl methyl sites for hydroxylation is 3. The number of rotatable bonds is 8. The molecule has 43 heavy (non-hydrogen) atoms. The zero-order valence-corrected chi connectivity index (χ0v) is 25.0. The van der Waals surface area contributed by atoms with Crippen LogP contribution in [0.25, 0.3) is 0 Å². The number of nitriles is 1. The zero-order chi connectivity index (χ0) is 30.7. The molecule has 1 aliphatic carbocycles. The summed E-state index contributed by atoms with van der Waals surface area (Å²) < 4.78 is 0. The number of carbonyl (C=O) groups is 3. The average Bonchev–Trinajstić information content (AvgIpc) is 3.67. The average molecular weight is 584 g/mol. The highest BCUT2D eigenvalue weighted by Gasteiger charge is 2.46. The Morgan fingerprint density at radius 3 is 2.16 bits per heavy atom. The molecule has 2 aliphatic rings. The van der Waals surface area contributed by atoms with Gasteiger partial charge < -0.3 is 20.9 Å². The van der Waals surface area contributed by atoms with Crippen molar-refractivity contribution in [3.05, 3.63) is 75.6 Å². The lowest BCUT2D eigenvalue weighted by Crippen LogP contribution is -2.45. The summed E-state index contributed by atoms with van der Waals surface area (Å²) in [5.41, 5.74) is 4.04. The third-order valence-corrected chi connectivity index (χ3v) is 8.60. The van der Waals surface area contributed by atoms with E-state index >= 15 is 0 Å². The van der Waals surface area contributed by atoms with Gasteiger partial charge in [0.1, 0.15) is 6.04 Å². The lowest BCUT2D eigenvalue weighted by Gasteiger charge is -2.36. The number of hydrogen-bond donors (Lipinski definition) is 3. The van der Waals surface area contributed by atoms with E-state index in [2.05, 4.69) is 32.3 Å². The number of likely N-dealkylation sites (tertiary alicyclic amines) is 1. The molecule has 1 saturated heterocycles. The van der Waals surface area contributed by atoms with Gasteiger partial charge in [-0.05, 0) is 90.8 Å². The molecular weight excluding hydrogens is 546 g/mol. The van der Waals surface area contributed by atoms with Crippen molar-refractivity contribution in [3.63, 3.8) is 0 Å². The Hall–Kier alpha value is -4.63. The minimum Gasteiger partial charge on any atom is -0.355 e. The molecule has 3 aromatic rings. The first-order chi connectivity index (χ1) is 20.7. The Morgan fingerprint density at radius 2 is 1.65 bits per heavy atom. The third-order valence-electron chi connectivity index (χ3n) is 8.60. The standard InChI is InChI=1S/C31H37N9O3/c1-19(35-18-27(41)40-13-5-6-24(40)17-32)16-31(30-36-38-39(4)37-30)25-11-9-22(28(42)33-2)14-20(25)7-8-21-15-23(29(43)34-3)10-12-26(21)31/h9-12,14-15,19,24,35H,5-8,13,16,18H2,1-4H3,(H,33,42)(H,34,43)/t19-,24-/m0/s1. The highest BCUT2D eigenvalue weighted by molar-refractivity contribution is 5.95. The first-order valence-electron chi connectivity index (χ1n) is 14.6. The lowest BCUT2D eigenvalue weighted by atomic mass is 9.67. The van der Waals surface area contributed by atoms with Gasteiger partial charge in [-0.15, -0.1) is 10.2 Å². The van der Waals surface area contributed by atoms with Crippen molar-refractivity contribution in [1.82, 2.24) is 41.1 Å². The van der Waals surface area contributed by atoms with Crippen LogP contribution in [0, 0.1) is 11.3 Å². The molecule has 0 unspecified atom stereocenters. The van der Waals surface area contributed by atoms with Gasteiger partial charge in [0.05, 0.1) is 25.1 Å². The van der Waals surface area contributed by atoms with Crippen molar-refractivity contribution >= 4 is 17.7 Å². The molecule has 0 spiro atoms. The minimum absolute atomic E-state index is 0.0915. The van der Waals surface area contributed by atoms with E-state index in [-0.39, 0.29) is 36.3 Å². The lowest BCUT2D eigenvalue weighted by molar-refractivity contribution is -0.130. The molecule has 0 radical (unpaired) electrons. The van der Waals surface area contributed by atoms with Crippen LogP contribution in [0.4, 0.5) is 0 Å². The number of tetrazole rings is 1. The van der Waals surface area contributed by atoms with Gasteiger partial charge in [-0.3, -0.25) is 14.4 Å². The minimum atomic E-state index is -0.907. The molecule has 2 atom stereocenters. The Morgan fingerprint density at radius 1 is 1.05 bits per heavy atom. The van der Waals surface area contributed by atoms with Gasteiger partial charge in [0, 0.05) is 37.8 Å². The second-order valence-corrected chi connectivity index (χ2v) is 11.3. The van der Waals surface area contributed by atoms with Crippen molar-refractivity contribution in [2.45, 2.75) is 56.5 Å². The van der Waals surface area contributed by atoms with E-state index in [4.69, 9.17) is 5.10 Å². The molecular formula is C31H37N9O3. The predicted molar refractivity (Wildman–Crippen MR) is 158 cm³/mol. The summed E-state index contributed by atoms with van der Waals surface area (Å²) in [6.45, 7) is 2.69. The van der Waals surface area contributed by atoms with Crippen LogP contribution in [0.1, 0.15) is 75.0 Å². The van der Waals surface area contributed by atoms with Gasteiger partial charge >= 0.3 is 0 Å². The van der Waals surface area contributed by atoms with Gasteiger partial charge in [0.15, 0.2) is 5.82 Å². The predicted octanol–water partition coefficient (Wildman–Crippen LogP) is 1.25. The van der Waals surface area contributed by atoms with Crippen LogP contribution in [0.15, 0.2) is 36.4 Å². The summed E-state index contributed by atoms with van der Waals surface area (Å²) in [4.78, 5) is 41.4. The van der Waals surface area contributed by atoms with Crippen molar-refractivity contribution in [3.8, 4) is 6.07 Å². The van der Waals surface area contributed by atoms with Gasteiger partial charge in [0.2, 0.25) is 5.91 Å². The van der Waals surface area contributed by atoms with Crippen LogP contribution in [-0.2, 0) is 30.1 Å². The number of amides is 3. The van der Waals surface area contributed by atoms with Crippen LogP contribution in [0.3, 0.4) is 0 Å². The molecule has 0 bridgehead atoms. The maximum atomic E-state index is 13.1. The van der Waals surface area contributed by atoms with Gasteiger partial charge in [-0.25, -0.2) is 0 Å². The fourth-order valence-electron chi connectivity index (χ4n) is 6.52. The number of nitrogens with one attached hydrogen (secondary N) is 3. The highest BCUT2D eigenvalue weighted by atomic mass is 16.2. The van der Waals surface area contributed by atoms with E-state index in [0.717, 1.165) is 28.7 Å². The van der Waals surface area contributed by atoms with Gasteiger partial charge in [0.25, 0.3) is 11.8 Å². The summed E-state index contributed by atoms with van der Waals surface area (Å²) in [6.07, 6.45) is 3.26.